The highest BCUT2D eigenvalue weighted by molar-refractivity contribution is 5.93. The number of hydrogen-bond donors (Lipinski definition) is 1. The quantitative estimate of drug-likeness (QED) is 0.444. The molecule has 0 saturated heterocycles. The van der Waals surface area contributed by atoms with Crippen LogP contribution in [0.5, 0.6) is 0 Å². The van der Waals surface area contributed by atoms with E-state index in [1.54, 1.807) is 19.0 Å². The van der Waals surface area contributed by atoms with E-state index in [1.165, 1.54) is 12.1 Å². The molecule has 0 unspecified atom stereocenters. The first kappa shape index (κ1) is 22.4. The summed E-state index contributed by atoms with van der Waals surface area (Å²) in [4.78, 5) is 36.5. The van der Waals surface area contributed by atoms with Gasteiger partial charge in [-0.15, -0.1) is 0 Å². The highest BCUT2D eigenvalue weighted by Crippen LogP contribution is 2.28. The van der Waals surface area contributed by atoms with Crippen LogP contribution in [0.4, 0.5) is 11.4 Å². The number of rotatable bonds is 7. The normalized spacial score (nSPS) is 11.7. The summed E-state index contributed by atoms with van der Waals surface area (Å²) in [6.45, 7) is 9.58. The SMILES string of the molecule is CN(C)c1ccc(C(=O)OCC(=O)NC(C)(C)CC(C)(C)C)cc1[N+](=O)[O-]. The van der Waals surface area contributed by atoms with E-state index >= 15 is 0 Å². The topological polar surface area (TPSA) is 102 Å². The molecule has 0 aromatic heterocycles. The summed E-state index contributed by atoms with van der Waals surface area (Å²) in [6, 6.07) is 4.06. The number of nitro benzene ring substituents is 1. The van der Waals surface area contributed by atoms with Crippen LogP contribution in [0, 0.1) is 15.5 Å². The minimum atomic E-state index is -0.785. The van der Waals surface area contributed by atoms with Gasteiger partial charge in [0.05, 0.1) is 10.5 Å². The number of ether oxygens (including phenoxy) is 1. The largest absolute Gasteiger partial charge is 0.452 e. The molecule has 1 amide bonds. The average Bonchev–Trinajstić information content (AvgIpc) is 2.48. The Morgan fingerprint density at radius 1 is 1.19 bits per heavy atom. The van der Waals surface area contributed by atoms with Crippen molar-refractivity contribution < 1.29 is 19.2 Å². The fraction of sp³-hybridized carbons (Fsp3) is 0.579. The number of amides is 1. The molecule has 8 heteroatoms. The zero-order valence-corrected chi connectivity index (χ0v) is 17.1. The van der Waals surface area contributed by atoms with Crippen molar-refractivity contribution in [2.75, 3.05) is 25.6 Å². The van der Waals surface area contributed by atoms with E-state index in [2.05, 4.69) is 26.1 Å². The summed E-state index contributed by atoms with van der Waals surface area (Å²) in [5, 5.41) is 14.0. The van der Waals surface area contributed by atoms with Gasteiger partial charge in [-0.2, -0.15) is 0 Å². The number of anilines is 1. The molecule has 1 aromatic rings. The summed E-state index contributed by atoms with van der Waals surface area (Å²) in [5.74, 6) is -1.20. The molecule has 1 rings (SSSR count). The second-order valence-corrected chi connectivity index (χ2v) is 8.60. The molecular formula is C19H29N3O5. The number of nitrogens with one attached hydrogen (secondary N) is 1. The molecule has 1 N–H and O–H groups in total. The first-order valence-corrected chi connectivity index (χ1v) is 8.66. The maximum Gasteiger partial charge on any atom is 0.338 e. The molecule has 1 aromatic carbocycles. The Balaban J connectivity index is 2.76. The summed E-state index contributed by atoms with van der Waals surface area (Å²) in [6.07, 6.45) is 0.748. The first-order chi connectivity index (χ1) is 12.2. The number of carbonyl (C=O) groups is 2. The van der Waals surface area contributed by atoms with E-state index in [4.69, 9.17) is 4.74 Å². The Kier molecular flexibility index (Phi) is 6.94. The Morgan fingerprint density at radius 2 is 1.78 bits per heavy atom. The fourth-order valence-electron chi connectivity index (χ4n) is 3.17. The maximum absolute atomic E-state index is 12.2. The van der Waals surface area contributed by atoms with Crippen molar-refractivity contribution in [3.05, 3.63) is 33.9 Å². The lowest BCUT2D eigenvalue weighted by Crippen LogP contribution is -2.47. The second kappa shape index (κ2) is 8.37. The number of nitro groups is 1. The van der Waals surface area contributed by atoms with E-state index in [0.29, 0.717) is 5.69 Å². The molecule has 0 aliphatic carbocycles. The molecule has 8 nitrogen and oxygen atoms in total. The molecule has 0 radical (unpaired) electrons. The third kappa shape index (κ3) is 7.24. The standard InChI is InChI=1S/C19H29N3O5/c1-18(2,3)12-19(4,5)20-16(23)11-27-17(24)13-8-9-14(21(6)7)15(10-13)22(25)26/h8-10H,11-12H2,1-7H3,(H,20,23). The lowest BCUT2D eigenvalue weighted by Gasteiger charge is -2.33. The van der Waals surface area contributed by atoms with Gasteiger partial charge in [-0.1, -0.05) is 20.8 Å². The molecule has 150 valence electrons. The third-order valence-electron chi connectivity index (χ3n) is 3.67. The number of esters is 1. The molecule has 27 heavy (non-hydrogen) atoms. The van der Waals surface area contributed by atoms with Gasteiger partial charge in [-0.3, -0.25) is 14.9 Å². The summed E-state index contributed by atoms with van der Waals surface area (Å²) >= 11 is 0. The van der Waals surface area contributed by atoms with Crippen molar-refractivity contribution >= 4 is 23.3 Å². The van der Waals surface area contributed by atoms with Crippen LogP contribution in [0.15, 0.2) is 18.2 Å². The van der Waals surface area contributed by atoms with E-state index in [0.717, 1.165) is 12.5 Å². The first-order valence-electron chi connectivity index (χ1n) is 8.66. The van der Waals surface area contributed by atoms with Gasteiger partial charge < -0.3 is 15.0 Å². The zero-order chi connectivity index (χ0) is 21.0. The van der Waals surface area contributed by atoms with Crippen LogP contribution >= 0.6 is 0 Å². The van der Waals surface area contributed by atoms with Crippen molar-refractivity contribution in [1.82, 2.24) is 5.32 Å². The minimum Gasteiger partial charge on any atom is -0.452 e. The fourth-order valence-corrected chi connectivity index (χ4v) is 3.17. The van der Waals surface area contributed by atoms with Gasteiger partial charge in [0.25, 0.3) is 11.6 Å². The van der Waals surface area contributed by atoms with E-state index < -0.39 is 28.9 Å². The Bertz CT molecular complexity index is 721. The Labute approximate surface area is 160 Å². The zero-order valence-electron chi connectivity index (χ0n) is 17.1. The van der Waals surface area contributed by atoms with Crippen molar-refractivity contribution in [1.29, 1.82) is 0 Å². The Morgan fingerprint density at radius 3 is 2.26 bits per heavy atom. The number of carbonyl (C=O) groups excluding carboxylic acids is 2. The molecule has 0 spiro atoms. The average molecular weight is 379 g/mol. The molecule has 0 atom stereocenters. The number of benzene rings is 1. The lowest BCUT2D eigenvalue weighted by atomic mass is 9.82. The van der Waals surface area contributed by atoms with Gasteiger partial charge in [0.1, 0.15) is 5.69 Å². The highest BCUT2D eigenvalue weighted by Gasteiger charge is 2.27. The molecule has 0 saturated carbocycles. The van der Waals surface area contributed by atoms with Gasteiger partial charge in [0, 0.05) is 25.7 Å². The van der Waals surface area contributed by atoms with Crippen molar-refractivity contribution in [2.24, 2.45) is 5.41 Å². The molecular weight excluding hydrogens is 350 g/mol. The van der Waals surface area contributed by atoms with Crippen LogP contribution in [-0.4, -0.2) is 43.0 Å². The number of hydrogen-bond acceptors (Lipinski definition) is 6. The van der Waals surface area contributed by atoms with Crippen molar-refractivity contribution in [3.8, 4) is 0 Å². The molecule has 0 bridgehead atoms. The van der Waals surface area contributed by atoms with Gasteiger partial charge in [-0.25, -0.2) is 4.79 Å². The number of nitrogens with zero attached hydrogens (tertiary/aromatic N) is 2. The predicted octanol–water partition coefficient (Wildman–Crippen LogP) is 3.15. The predicted molar refractivity (Wildman–Crippen MR) is 104 cm³/mol. The lowest BCUT2D eigenvalue weighted by molar-refractivity contribution is -0.384. The minimum absolute atomic E-state index is 0.0223. The van der Waals surface area contributed by atoms with Crippen LogP contribution in [0.2, 0.25) is 0 Å². The van der Waals surface area contributed by atoms with Crippen LogP contribution < -0.4 is 10.2 Å². The van der Waals surface area contributed by atoms with Crippen LogP contribution in [0.3, 0.4) is 0 Å². The second-order valence-electron chi connectivity index (χ2n) is 8.60. The van der Waals surface area contributed by atoms with E-state index in [9.17, 15) is 19.7 Å². The monoisotopic (exact) mass is 379 g/mol. The molecule has 0 aliphatic rings. The maximum atomic E-state index is 12.2. The molecule has 0 aliphatic heterocycles. The van der Waals surface area contributed by atoms with Crippen LogP contribution in [0.1, 0.15) is 51.4 Å². The molecule has 0 heterocycles. The highest BCUT2D eigenvalue weighted by atomic mass is 16.6. The summed E-state index contributed by atoms with van der Waals surface area (Å²) in [7, 11) is 3.34. The summed E-state index contributed by atoms with van der Waals surface area (Å²) in [5.41, 5.74) is -0.230. The van der Waals surface area contributed by atoms with Crippen LogP contribution in [0.25, 0.3) is 0 Å². The van der Waals surface area contributed by atoms with Crippen LogP contribution in [-0.2, 0) is 9.53 Å². The smallest absolute Gasteiger partial charge is 0.338 e. The van der Waals surface area contributed by atoms with Crippen molar-refractivity contribution in [3.63, 3.8) is 0 Å². The van der Waals surface area contributed by atoms with E-state index in [1.807, 2.05) is 13.8 Å². The van der Waals surface area contributed by atoms with Gasteiger partial charge >= 0.3 is 5.97 Å². The third-order valence-corrected chi connectivity index (χ3v) is 3.67. The van der Waals surface area contributed by atoms with Gasteiger partial charge in [0.15, 0.2) is 6.61 Å². The summed E-state index contributed by atoms with van der Waals surface area (Å²) < 4.78 is 5.01. The van der Waals surface area contributed by atoms with E-state index in [-0.39, 0.29) is 16.7 Å². The van der Waals surface area contributed by atoms with Gasteiger partial charge in [-0.05, 0) is 37.8 Å². The van der Waals surface area contributed by atoms with Crippen molar-refractivity contribution in [2.45, 2.75) is 46.6 Å². The van der Waals surface area contributed by atoms with Gasteiger partial charge in [0.2, 0.25) is 0 Å². The Hall–Kier alpha value is -2.64. The molecule has 0 fully saturated rings.